The van der Waals surface area contributed by atoms with Gasteiger partial charge >= 0.3 is 24.7 Å². The van der Waals surface area contributed by atoms with Gasteiger partial charge in [0.15, 0.2) is 23.0 Å². The third kappa shape index (κ3) is 9.91. The van der Waals surface area contributed by atoms with E-state index in [-0.39, 0.29) is 128 Å². The average molecular weight is 993 g/mol. The highest BCUT2D eigenvalue weighted by molar-refractivity contribution is 5.98. The normalized spacial score (nSPS) is 13.9. The van der Waals surface area contributed by atoms with E-state index < -0.39 is 58.1 Å². The molecule has 4 aromatic rings. The first-order chi connectivity index (χ1) is 29.4. The highest BCUT2D eigenvalue weighted by atomic mass is 79.9. The van der Waals surface area contributed by atoms with Gasteiger partial charge in [-0.15, -0.1) is 0 Å². The van der Waals surface area contributed by atoms with Crippen LogP contribution in [0.2, 0.25) is 0 Å². The molecule has 0 aromatic heterocycles. The van der Waals surface area contributed by atoms with Gasteiger partial charge in [0.2, 0.25) is 11.5 Å². The summed E-state index contributed by atoms with van der Waals surface area (Å²) in [5.41, 5.74) is -8.31. The zero-order valence-electron chi connectivity index (χ0n) is 35.9. The second-order valence-corrected chi connectivity index (χ2v) is 15.1. The van der Waals surface area contributed by atoms with Gasteiger partial charge in [-0.25, -0.2) is 0 Å². The molecule has 1 aliphatic heterocycles. The van der Waals surface area contributed by atoms with E-state index in [1.807, 2.05) is 13.8 Å². The van der Waals surface area contributed by atoms with Crippen LogP contribution in [0.15, 0.2) is 36.4 Å². The van der Waals surface area contributed by atoms with Crippen LogP contribution < -0.4 is 45.4 Å². The van der Waals surface area contributed by atoms with Gasteiger partial charge < -0.3 is 49.9 Å². The quantitative estimate of drug-likeness (QED) is 0.0927. The predicted molar refractivity (Wildman–Crippen MR) is 209 cm³/mol. The Morgan fingerprint density at radius 1 is 0.406 bits per heavy atom. The van der Waals surface area contributed by atoms with Crippen molar-refractivity contribution in [3.63, 3.8) is 0 Å². The molecule has 354 valence electrons. The van der Waals surface area contributed by atoms with Crippen LogP contribution in [0, 0.1) is 0 Å². The van der Waals surface area contributed by atoms with Crippen LogP contribution in [-0.4, -0.2) is 60.2 Å². The summed E-state index contributed by atoms with van der Waals surface area (Å²) in [5, 5.41) is 0. The van der Waals surface area contributed by atoms with Gasteiger partial charge in [0.1, 0.15) is 13.1 Å². The Kier molecular flexibility index (Phi) is 15.7. The molecule has 1 aliphatic rings. The van der Waals surface area contributed by atoms with E-state index in [9.17, 15) is 52.7 Å². The van der Waals surface area contributed by atoms with Crippen LogP contribution in [0.1, 0.15) is 72.9 Å². The number of methoxy groups -OCH3 is 6. The third-order valence-electron chi connectivity index (χ3n) is 11.1. The molecule has 0 amide bonds. The minimum absolute atomic E-state index is 0. The van der Waals surface area contributed by atoms with Gasteiger partial charge in [0.25, 0.3) is 0 Å². The number of hydrogen-bond acceptors (Lipinski definition) is 6. The third-order valence-corrected chi connectivity index (χ3v) is 11.1. The van der Waals surface area contributed by atoms with Crippen molar-refractivity contribution in [2.24, 2.45) is 0 Å². The van der Waals surface area contributed by atoms with Gasteiger partial charge in [-0.1, -0.05) is 26.7 Å². The zero-order valence-corrected chi connectivity index (χ0v) is 37.5. The molecule has 4 aromatic carbocycles. The number of ether oxygens (including phenoxy) is 6. The maximum atomic E-state index is 14.5. The Morgan fingerprint density at radius 3 is 0.875 bits per heavy atom. The van der Waals surface area contributed by atoms with Crippen molar-refractivity contribution in [3.8, 4) is 67.9 Å². The number of hydrogen-bond donors (Lipinski definition) is 0. The lowest BCUT2D eigenvalue weighted by molar-refractivity contribution is -0.953. The summed E-state index contributed by atoms with van der Waals surface area (Å²) in [6.07, 6.45) is -18.9. The van der Waals surface area contributed by atoms with Crippen molar-refractivity contribution < 1.29 is 103 Å². The average Bonchev–Trinajstić information content (AvgIpc) is 3.36. The molecule has 64 heavy (non-hydrogen) atoms. The number of fused-ring (bicyclic) bond motifs is 3. The largest absolute Gasteiger partial charge is 1.00 e. The van der Waals surface area contributed by atoms with E-state index in [1.165, 1.54) is 14.2 Å². The maximum Gasteiger partial charge on any atom is 0.416 e. The topological polar surface area (TPSA) is 55.4 Å². The lowest BCUT2D eigenvalue weighted by Crippen LogP contribution is -3.00. The van der Waals surface area contributed by atoms with Crippen molar-refractivity contribution >= 4 is 0 Å². The van der Waals surface area contributed by atoms with E-state index in [0.717, 1.165) is 28.4 Å². The van der Waals surface area contributed by atoms with Crippen LogP contribution in [-0.2, 0) is 37.8 Å². The van der Waals surface area contributed by atoms with E-state index in [4.69, 9.17) is 28.4 Å². The van der Waals surface area contributed by atoms with Crippen LogP contribution >= 0.6 is 0 Å². The molecular formula is C44H46BrF12NO6. The first kappa shape index (κ1) is 51.9. The van der Waals surface area contributed by atoms with Gasteiger partial charge in [0.05, 0.1) is 78.0 Å². The zero-order chi connectivity index (χ0) is 47.0. The second kappa shape index (κ2) is 19.4. The molecule has 1 heterocycles. The predicted octanol–water partition coefficient (Wildman–Crippen LogP) is 10.2. The minimum atomic E-state index is -5.27. The van der Waals surface area contributed by atoms with Gasteiger partial charge in [-0.05, 0) is 60.4 Å². The fourth-order valence-corrected chi connectivity index (χ4v) is 8.40. The Morgan fingerprint density at radius 2 is 0.656 bits per heavy atom. The molecule has 5 rings (SSSR count). The number of nitrogens with zero attached hydrogens (tertiary/aromatic N) is 1. The molecule has 0 spiro atoms. The smallest absolute Gasteiger partial charge is 0.416 e. The Balaban J connectivity index is 0.00000898. The molecule has 20 heteroatoms. The summed E-state index contributed by atoms with van der Waals surface area (Å²) >= 11 is 0. The number of benzene rings is 4. The summed E-state index contributed by atoms with van der Waals surface area (Å²) in [5.74, 6) is -1.66. The molecule has 0 bridgehead atoms. The number of halogens is 13. The highest BCUT2D eigenvalue weighted by Crippen LogP contribution is 2.62. The summed E-state index contributed by atoms with van der Waals surface area (Å²) in [7, 11) is 6.93. The molecule has 0 saturated carbocycles. The summed E-state index contributed by atoms with van der Waals surface area (Å²) < 4.78 is 209. The van der Waals surface area contributed by atoms with E-state index in [0.29, 0.717) is 49.9 Å². The van der Waals surface area contributed by atoms with Crippen LogP contribution in [0.5, 0.6) is 34.5 Å². The Labute approximate surface area is 372 Å². The van der Waals surface area contributed by atoms with E-state index in [2.05, 4.69) is 0 Å². The molecule has 0 fully saturated rings. The Hall–Kier alpha value is -4.72. The lowest BCUT2D eigenvalue weighted by Gasteiger charge is -2.39. The molecule has 0 radical (unpaired) electrons. The minimum Gasteiger partial charge on any atom is -1.00 e. The molecular weight excluding hydrogens is 946 g/mol. The van der Waals surface area contributed by atoms with Crippen LogP contribution in [0.4, 0.5) is 52.7 Å². The molecule has 0 atom stereocenters. The standard InChI is InChI=1S/C44H46F12NO6.BrH/c1-9-11-13-57(14-12-10-2)21-29-31(23-15-25(41(45,46)47)19-26(16-23)42(48,49)50)35(58-3)39(62-7)37(60-5)33(29)34-30(22-57)32(36(59-4)40(63-8)38(34)61-6)24-17-27(43(51,52)53)20-28(18-24)44(54,55)56;/h15-20H,9-14,21-22H2,1-8H3;1H/q+1;/p-1. The van der Waals surface area contributed by atoms with Crippen molar-refractivity contribution in [1.82, 2.24) is 0 Å². The molecule has 0 aliphatic carbocycles. The van der Waals surface area contributed by atoms with Gasteiger partial charge in [0, 0.05) is 33.4 Å². The van der Waals surface area contributed by atoms with E-state index >= 15 is 0 Å². The summed E-state index contributed by atoms with van der Waals surface area (Å²) in [6, 6.07) is 2.11. The summed E-state index contributed by atoms with van der Waals surface area (Å²) in [6.45, 7) is 3.93. The molecule has 7 nitrogen and oxygen atoms in total. The Bertz CT molecular complexity index is 2100. The lowest BCUT2D eigenvalue weighted by atomic mass is 9.84. The van der Waals surface area contributed by atoms with Gasteiger partial charge in [-0.3, -0.25) is 0 Å². The van der Waals surface area contributed by atoms with Crippen molar-refractivity contribution in [1.29, 1.82) is 0 Å². The van der Waals surface area contributed by atoms with Crippen molar-refractivity contribution in [3.05, 3.63) is 69.8 Å². The van der Waals surface area contributed by atoms with Crippen LogP contribution in [0.25, 0.3) is 33.4 Å². The molecule has 0 unspecified atom stereocenters. The number of alkyl halides is 12. The monoisotopic (exact) mass is 991 g/mol. The fraction of sp³-hybridized carbons (Fsp3) is 0.455. The number of rotatable bonds is 14. The maximum absolute atomic E-state index is 14.5. The fourth-order valence-electron chi connectivity index (χ4n) is 8.40. The van der Waals surface area contributed by atoms with Gasteiger partial charge in [-0.2, -0.15) is 52.7 Å². The first-order valence-corrected chi connectivity index (χ1v) is 19.5. The van der Waals surface area contributed by atoms with Crippen LogP contribution in [0.3, 0.4) is 0 Å². The van der Waals surface area contributed by atoms with Crippen molar-refractivity contribution in [2.45, 2.75) is 77.3 Å². The first-order valence-electron chi connectivity index (χ1n) is 19.5. The molecule has 0 N–H and O–H groups in total. The number of quaternary nitrogens is 1. The second-order valence-electron chi connectivity index (χ2n) is 15.1. The van der Waals surface area contributed by atoms with E-state index in [1.54, 1.807) is 0 Å². The molecule has 0 saturated heterocycles. The number of unbranched alkanes of at least 4 members (excludes halogenated alkanes) is 2. The summed E-state index contributed by atoms with van der Waals surface area (Å²) in [4.78, 5) is 0. The highest BCUT2D eigenvalue weighted by Gasteiger charge is 2.46. The van der Waals surface area contributed by atoms with Crippen molar-refractivity contribution in [2.75, 3.05) is 55.7 Å². The SMILES string of the molecule is CCCC[N+]1(CCCC)Cc2c(-c3cc(C(F)(F)F)cc(C(F)(F)F)c3)c(OC)c(OC)c(OC)c2-c2c(c(-c3cc(C(F)(F)F)cc(C(F)(F)F)c3)c(OC)c(OC)c2OC)C1.[Br-].